The van der Waals surface area contributed by atoms with Crippen LogP contribution in [0.3, 0.4) is 0 Å². The number of nitrogens with zero attached hydrogens (tertiary/aromatic N) is 2. The van der Waals surface area contributed by atoms with Crippen LogP contribution >= 0.6 is 24.0 Å². The molecule has 0 aromatic heterocycles. The van der Waals surface area contributed by atoms with Crippen LogP contribution < -0.4 is 10.6 Å². The molecule has 0 saturated carbocycles. The molecule has 1 atom stereocenters. The highest BCUT2D eigenvalue weighted by Crippen LogP contribution is 2.14. The molecule has 0 spiro atoms. The summed E-state index contributed by atoms with van der Waals surface area (Å²) >= 11 is 0. The number of aliphatic imine (C=N–C) groups is 1. The summed E-state index contributed by atoms with van der Waals surface area (Å²) in [5.41, 5.74) is 1.33. The standard InChI is InChI=1S/C23H40N4O2.HI/c1-4-24-23(25-13-8-14-29-19-22-11-15-28-16-12-22)26-17-20(2)27(3)18-21-9-6-5-7-10-21;/h5-7,9-10,20,22H,4,8,11-19H2,1-3H3,(H2,24,25,26);1H. The lowest BCUT2D eigenvalue weighted by atomic mass is 10.0. The van der Waals surface area contributed by atoms with Gasteiger partial charge >= 0.3 is 0 Å². The highest BCUT2D eigenvalue weighted by molar-refractivity contribution is 14.0. The van der Waals surface area contributed by atoms with Gasteiger partial charge in [-0.05, 0) is 51.6 Å². The minimum absolute atomic E-state index is 0. The summed E-state index contributed by atoms with van der Waals surface area (Å²) in [5.74, 6) is 1.56. The fourth-order valence-corrected chi connectivity index (χ4v) is 3.28. The van der Waals surface area contributed by atoms with Crippen LogP contribution in [-0.2, 0) is 16.0 Å². The summed E-state index contributed by atoms with van der Waals surface area (Å²) in [6.07, 6.45) is 3.25. The molecule has 1 aliphatic rings. The van der Waals surface area contributed by atoms with E-state index in [-0.39, 0.29) is 24.0 Å². The Bertz CT molecular complexity index is 568. The van der Waals surface area contributed by atoms with E-state index in [1.807, 2.05) is 0 Å². The van der Waals surface area contributed by atoms with Gasteiger partial charge in [0.15, 0.2) is 5.96 Å². The maximum atomic E-state index is 5.84. The smallest absolute Gasteiger partial charge is 0.191 e. The van der Waals surface area contributed by atoms with Crippen molar-refractivity contribution in [2.75, 3.05) is 53.1 Å². The summed E-state index contributed by atoms with van der Waals surface area (Å²) in [6.45, 7) is 11.2. The van der Waals surface area contributed by atoms with Crippen LogP contribution in [0.25, 0.3) is 0 Å². The molecule has 0 bridgehead atoms. The third-order valence-corrected chi connectivity index (χ3v) is 5.34. The lowest BCUT2D eigenvalue weighted by molar-refractivity contribution is 0.0203. The molecule has 6 nitrogen and oxygen atoms in total. The molecule has 1 aromatic carbocycles. The first-order valence-electron chi connectivity index (χ1n) is 11.1. The number of likely N-dealkylation sites (N-methyl/N-ethyl adjacent to an activating group) is 1. The number of hydrogen-bond acceptors (Lipinski definition) is 4. The normalized spacial score (nSPS) is 16.2. The first-order valence-corrected chi connectivity index (χ1v) is 11.1. The number of guanidine groups is 1. The van der Waals surface area contributed by atoms with Gasteiger partial charge in [0.1, 0.15) is 0 Å². The third-order valence-electron chi connectivity index (χ3n) is 5.34. The second-order valence-electron chi connectivity index (χ2n) is 7.88. The number of halogens is 1. The number of ether oxygens (including phenoxy) is 2. The molecular formula is C23H41IN4O2. The van der Waals surface area contributed by atoms with E-state index in [0.29, 0.717) is 12.0 Å². The van der Waals surface area contributed by atoms with Crippen molar-refractivity contribution in [2.45, 2.75) is 45.7 Å². The zero-order valence-electron chi connectivity index (χ0n) is 18.9. The third kappa shape index (κ3) is 11.5. The average molecular weight is 533 g/mol. The first-order chi connectivity index (χ1) is 14.2. The Morgan fingerprint density at radius 1 is 1.23 bits per heavy atom. The number of nitrogens with one attached hydrogen (secondary N) is 2. The van der Waals surface area contributed by atoms with Crippen molar-refractivity contribution in [3.63, 3.8) is 0 Å². The van der Waals surface area contributed by atoms with Gasteiger partial charge in [0.05, 0.1) is 6.54 Å². The van der Waals surface area contributed by atoms with E-state index in [0.717, 1.165) is 77.8 Å². The second-order valence-corrected chi connectivity index (χ2v) is 7.88. The molecule has 1 unspecified atom stereocenters. The van der Waals surface area contributed by atoms with Crippen LogP contribution in [0.15, 0.2) is 35.3 Å². The van der Waals surface area contributed by atoms with Crippen molar-refractivity contribution < 1.29 is 9.47 Å². The maximum Gasteiger partial charge on any atom is 0.191 e. The Morgan fingerprint density at radius 2 is 1.97 bits per heavy atom. The van der Waals surface area contributed by atoms with Crippen LogP contribution in [-0.4, -0.2) is 70.0 Å². The van der Waals surface area contributed by atoms with E-state index in [4.69, 9.17) is 14.5 Å². The van der Waals surface area contributed by atoms with Gasteiger partial charge < -0.3 is 20.1 Å². The van der Waals surface area contributed by atoms with Gasteiger partial charge in [-0.1, -0.05) is 30.3 Å². The number of hydrogen-bond donors (Lipinski definition) is 2. The minimum atomic E-state index is 0. The Balaban J connectivity index is 0.00000450. The van der Waals surface area contributed by atoms with Crippen LogP contribution in [0.5, 0.6) is 0 Å². The number of rotatable bonds is 12. The Morgan fingerprint density at radius 3 is 2.67 bits per heavy atom. The topological polar surface area (TPSA) is 58.1 Å². The number of benzene rings is 1. The molecule has 1 aliphatic heterocycles. The van der Waals surface area contributed by atoms with E-state index in [1.54, 1.807) is 0 Å². The molecule has 0 radical (unpaired) electrons. The van der Waals surface area contributed by atoms with Crippen molar-refractivity contribution in [3.8, 4) is 0 Å². The minimum Gasteiger partial charge on any atom is -0.381 e. The summed E-state index contributed by atoms with van der Waals surface area (Å²) in [4.78, 5) is 7.11. The SMILES string of the molecule is CCNC(=NCC(C)N(C)Cc1ccccc1)NCCCOCC1CCOCC1.I. The van der Waals surface area contributed by atoms with Gasteiger partial charge in [-0.2, -0.15) is 0 Å². The van der Waals surface area contributed by atoms with Crippen LogP contribution in [0.4, 0.5) is 0 Å². The lowest BCUT2D eigenvalue weighted by Crippen LogP contribution is -2.39. The van der Waals surface area contributed by atoms with Gasteiger partial charge in [0.2, 0.25) is 0 Å². The Hall–Kier alpha value is -0.900. The maximum absolute atomic E-state index is 5.84. The van der Waals surface area contributed by atoms with Crippen molar-refractivity contribution in [1.82, 2.24) is 15.5 Å². The molecule has 30 heavy (non-hydrogen) atoms. The van der Waals surface area contributed by atoms with E-state index >= 15 is 0 Å². The van der Waals surface area contributed by atoms with Crippen molar-refractivity contribution in [2.24, 2.45) is 10.9 Å². The summed E-state index contributed by atoms with van der Waals surface area (Å²) in [5, 5.41) is 6.76. The van der Waals surface area contributed by atoms with Crippen molar-refractivity contribution >= 4 is 29.9 Å². The molecule has 1 saturated heterocycles. The zero-order valence-corrected chi connectivity index (χ0v) is 21.3. The van der Waals surface area contributed by atoms with Crippen LogP contribution in [0, 0.1) is 5.92 Å². The van der Waals surface area contributed by atoms with Crippen molar-refractivity contribution in [3.05, 3.63) is 35.9 Å². The molecule has 1 fully saturated rings. The summed E-state index contributed by atoms with van der Waals surface area (Å²) in [6, 6.07) is 10.9. The average Bonchev–Trinajstić information content (AvgIpc) is 2.75. The van der Waals surface area contributed by atoms with Gasteiger partial charge in [0.25, 0.3) is 0 Å². The predicted octanol–water partition coefficient (Wildman–Crippen LogP) is 3.51. The Labute approximate surface area is 200 Å². The van der Waals surface area contributed by atoms with E-state index in [1.165, 1.54) is 5.56 Å². The lowest BCUT2D eigenvalue weighted by Gasteiger charge is -2.24. The fraction of sp³-hybridized carbons (Fsp3) is 0.696. The molecule has 2 rings (SSSR count). The fourth-order valence-electron chi connectivity index (χ4n) is 3.28. The zero-order chi connectivity index (χ0) is 20.7. The van der Waals surface area contributed by atoms with E-state index in [9.17, 15) is 0 Å². The second kappa shape index (κ2) is 16.8. The Kier molecular flexibility index (Phi) is 15.2. The molecule has 1 aromatic rings. The molecule has 1 heterocycles. The highest BCUT2D eigenvalue weighted by atomic mass is 127. The van der Waals surface area contributed by atoms with Gasteiger partial charge in [-0.25, -0.2) is 0 Å². The van der Waals surface area contributed by atoms with Crippen LogP contribution in [0.2, 0.25) is 0 Å². The quantitative estimate of drug-likeness (QED) is 0.187. The predicted molar refractivity (Wildman–Crippen MR) is 136 cm³/mol. The molecule has 2 N–H and O–H groups in total. The van der Waals surface area contributed by atoms with Crippen LogP contribution in [0.1, 0.15) is 38.7 Å². The summed E-state index contributed by atoms with van der Waals surface area (Å²) in [7, 11) is 2.16. The first kappa shape index (κ1) is 27.1. The summed E-state index contributed by atoms with van der Waals surface area (Å²) < 4.78 is 11.2. The van der Waals surface area contributed by atoms with Gasteiger partial charge in [-0.15, -0.1) is 24.0 Å². The van der Waals surface area contributed by atoms with Gasteiger partial charge in [-0.3, -0.25) is 9.89 Å². The molecule has 0 aliphatic carbocycles. The van der Waals surface area contributed by atoms with Gasteiger partial charge in [0, 0.05) is 52.1 Å². The molecule has 7 heteroatoms. The highest BCUT2D eigenvalue weighted by Gasteiger charge is 2.13. The van der Waals surface area contributed by atoms with Crippen molar-refractivity contribution in [1.29, 1.82) is 0 Å². The molecular weight excluding hydrogens is 491 g/mol. The monoisotopic (exact) mass is 532 g/mol. The molecule has 0 amide bonds. The van der Waals surface area contributed by atoms with E-state index in [2.05, 4.69) is 66.8 Å². The molecule has 172 valence electrons. The largest absolute Gasteiger partial charge is 0.381 e. The van der Waals surface area contributed by atoms with E-state index < -0.39 is 0 Å².